The molecule has 0 aliphatic carbocycles. The molecule has 3 aromatic carbocycles. The van der Waals surface area contributed by atoms with Gasteiger partial charge in [-0.05, 0) is 0 Å². The first-order chi connectivity index (χ1) is 13.4. The molecule has 0 saturated carbocycles. The molecule has 1 aliphatic heterocycles. The van der Waals surface area contributed by atoms with Crippen molar-refractivity contribution in [3.8, 4) is 0 Å². The van der Waals surface area contributed by atoms with Gasteiger partial charge in [0, 0.05) is 0 Å². The SMILES string of the molecule is Cc1ccc(S(=O)(=O)N2CC=C([Se]c3ccccc3)c3cc(Br)ccc32)cc1. The van der Waals surface area contributed by atoms with Gasteiger partial charge < -0.3 is 0 Å². The number of anilines is 1. The molecule has 4 rings (SSSR count). The summed E-state index contributed by atoms with van der Waals surface area (Å²) in [6.45, 7) is 2.29. The van der Waals surface area contributed by atoms with E-state index in [2.05, 4.69) is 28.1 Å². The maximum atomic E-state index is 13.3. The Morgan fingerprint density at radius 1 is 0.964 bits per heavy atom. The summed E-state index contributed by atoms with van der Waals surface area (Å²) < 4.78 is 31.5. The molecule has 142 valence electrons. The fourth-order valence-corrected chi connectivity index (χ4v) is 6.91. The maximum absolute atomic E-state index is 13.3. The van der Waals surface area contributed by atoms with Crippen molar-refractivity contribution in [3.05, 3.63) is 94.5 Å². The fraction of sp³-hybridized carbons (Fsp3) is 0.0909. The number of sulfonamides is 1. The molecule has 0 unspecified atom stereocenters. The van der Waals surface area contributed by atoms with E-state index < -0.39 is 10.0 Å². The van der Waals surface area contributed by atoms with Crippen LogP contribution in [-0.4, -0.2) is 29.9 Å². The van der Waals surface area contributed by atoms with Gasteiger partial charge in [0.2, 0.25) is 0 Å². The predicted molar refractivity (Wildman–Crippen MR) is 120 cm³/mol. The van der Waals surface area contributed by atoms with E-state index in [1.54, 1.807) is 12.1 Å². The Labute approximate surface area is 180 Å². The third-order valence-corrected chi connectivity index (χ3v) is 9.14. The summed E-state index contributed by atoms with van der Waals surface area (Å²) in [5.41, 5.74) is 2.74. The summed E-state index contributed by atoms with van der Waals surface area (Å²) in [5.74, 6) is 0. The van der Waals surface area contributed by atoms with Crippen LogP contribution in [0.1, 0.15) is 11.1 Å². The van der Waals surface area contributed by atoms with Crippen molar-refractivity contribution < 1.29 is 8.42 Å². The van der Waals surface area contributed by atoms with Gasteiger partial charge in [0.15, 0.2) is 0 Å². The molecule has 0 bridgehead atoms. The fourth-order valence-electron chi connectivity index (χ4n) is 3.07. The van der Waals surface area contributed by atoms with Crippen LogP contribution >= 0.6 is 15.9 Å². The minimum atomic E-state index is -3.62. The van der Waals surface area contributed by atoms with E-state index in [4.69, 9.17) is 0 Å². The number of benzene rings is 3. The molecule has 0 radical (unpaired) electrons. The van der Waals surface area contributed by atoms with Crippen molar-refractivity contribution in [2.75, 3.05) is 10.8 Å². The third-order valence-electron chi connectivity index (χ3n) is 4.52. The number of nitrogens with zero attached hydrogens (tertiary/aromatic N) is 1. The van der Waals surface area contributed by atoms with Crippen LogP contribution in [0.15, 0.2) is 88.2 Å². The molecule has 1 heterocycles. The van der Waals surface area contributed by atoms with Crippen molar-refractivity contribution in [1.29, 1.82) is 0 Å². The van der Waals surface area contributed by atoms with Crippen LogP contribution in [0.25, 0.3) is 4.47 Å². The van der Waals surface area contributed by atoms with E-state index in [1.807, 2.05) is 61.5 Å². The first-order valence-electron chi connectivity index (χ1n) is 8.77. The molecule has 28 heavy (non-hydrogen) atoms. The zero-order chi connectivity index (χ0) is 19.7. The molecule has 3 nitrogen and oxygen atoms in total. The summed E-state index contributed by atoms with van der Waals surface area (Å²) in [6, 6.07) is 23.1. The first-order valence-corrected chi connectivity index (χ1v) is 12.7. The van der Waals surface area contributed by atoms with Crippen LogP contribution in [0.4, 0.5) is 5.69 Å². The van der Waals surface area contributed by atoms with Crippen molar-refractivity contribution in [2.24, 2.45) is 0 Å². The van der Waals surface area contributed by atoms with Crippen molar-refractivity contribution >= 4 is 55.5 Å². The first kappa shape index (κ1) is 19.5. The second kappa shape index (κ2) is 7.88. The third kappa shape index (κ3) is 3.83. The van der Waals surface area contributed by atoms with Gasteiger partial charge in [0.25, 0.3) is 0 Å². The van der Waals surface area contributed by atoms with Crippen LogP contribution in [-0.2, 0) is 10.0 Å². The molecule has 6 heteroatoms. The van der Waals surface area contributed by atoms with Crippen molar-refractivity contribution in [2.45, 2.75) is 11.8 Å². The van der Waals surface area contributed by atoms with E-state index in [-0.39, 0.29) is 15.0 Å². The van der Waals surface area contributed by atoms with E-state index in [9.17, 15) is 8.42 Å². The molecule has 1 aliphatic rings. The number of halogens is 1. The second-order valence-corrected chi connectivity index (χ2v) is 11.6. The zero-order valence-electron chi connectivity index (χ0n) is 15.2. The predicted octanol–water partition coefficient (Wildman–Crippen LogP) is 4.34. The van der Waals surface area contributed by atoms with Gasteiger partial charge in [0.05, 0.1) is 0 Å². The summed E-state index contributed by atoms with van der Waals surface area (Å²) >= 11 is 3.65. The Morgan fingerprint density at radius 2 is 1.68 bits per heavy atom. The Balaban J connectivity index is 1.76. The van der Waals surface area contributed by atoms with E-state index in [1.165, 1.54) is 13.2 Å². The average molecular weight is 519 g/mol. The van der Waals surface area contributed by atoms with Gasteiger partial charge in [-0.2, -0.15) is 0 Å². The quantitative estimate of drug-likeness (QED) is 0.482. The Hall–Kier alpha value is -1.85. The second-order valence-electron chi connectivity index (χ2n) is 6.49. The van der Waals surface area contributed by atoms with Crippen LogP contribution < -0.4 is 8.77 Å². The van der Waals surface area contributed by atoms with E-state index in [0.29, 0.717) is 11.4 Å². The van der Waals surface area contributed by atoms with Crippen LogP contribution in [0.3, 0.4) is 0 Å². The molecule has 0 N–H and O–H groups in total. The summed E-state index contributed by atoms with van der Waals surface area (Å²) in [7, 11) is -3.62. The van der Waals surface area contributed by atoms with Gasteiger partial charge in [-0.1, -0.05) is 0 Å². The number of aryl methyl sites for hydroxylation is 1. The van der Waals surface area contributed by atoms with Crippen LogP contribution in [0, 0.1) is 6.92 Å². The van der Waals surface area contributed by atoms with Gasteiger partial charge in [-0.15, -0.1) is 0 Å². The molecule has 0 spiro atoms. The molecule has 3 aromatic rings. The van der Waals surface area contributed by atoms with Gasteiger partial charge >= 0.3 is 181 Å². The molecular formula is C22H18BrNO2SSe. The van der Waals surface area contributed by atoms with E-state index >= 15 is 0 Å². The summed E-state index contributed by atoms with van der Waals surface area (Å²) in [6.07, 6.45) is 2.05. The average Bonchev–Trinajstić information content (AvgIpc) is 2.69. The normalized spacial score (nSPS) is 13.8. The molecule has 0 atom stereocenters. The van der Waals surface area contributed by atoms with Gasteiger partial charge in [-0.25, -0.2) is 0 Å². The number of rotatable bonds is 4. The Morgan fingerprint density at radius 3 is 2.39 bits per heavy atom. The number of hydrogen-bond acceptors (Lipinski definition) is 2. The van der Waals surface area contributed by atoms with Gasteiger partial charge in [-0.3, -0.25) is 0 Å². The van der Waals surface area contributed by atoms with Crippen molar-refractivity contribution in [3.63, 3.8) is 0 Å². The molecule has 0 fully saturated rings. The summed E-state index contributed by atoms with van der Waals surface area (Å²) in [4.78, 5) is 0.317. The topological polar surface area (TPSA) is 37.4 Å². The molecular weight excluding hydrogens is 501 g/mol. The monoisotopic (exact) mass is 519 g/mol. The molecule has 0 saturated heterocycles. The number of hydrogen-bond donors (Lipinski definition) is 0. The molecule has 0 amide bonds. The van der Waals surface area contributed by atoms with Gasteiger partial charge in [0.1, 0.15) is 0 Å². The number of fused-ring (bicyclic) bond motifs is 1. The van der Waals surface area contributed by atoms with Crippen molar-refractivity contribution in [1.82, 2.24) is 0 Å². The van der Waals surface area contributed by atoms with Crippen LogP contribution in [0.2, 0.25) is 0 Å². The Kier molecular flexibility index (Phi) is 5.48. The zero-order valence-corrected chi connectivity index (χ0v) is 19.3. The standard InChI is InChI=1S/C22H18BrNO2SSe/c1-16-7-10-18(11-8-16)27(25,26)24-14-13-22(28-19-5-3-2-4-6-19)20-15-17(23)9-12-21(20)24/h2-13,15H,14H2,1H3. The van der Waals surface area contributed by atoms with E-state index in [0.717, 1.165) is 21.3 Å². The molecule has 0 aromatic heterocycles. The summed E-state index contributed by atoms with van der Waals surface area (Å²) in [5, 5.41) is 0. The Bertz CT molecular complexity index is 1140. The minimum absolute atomic E-state index is 0.108. The van der Waals surface area contributed by atoms with Crippen LogP contribution in [0.5, 0.6) is 0 Å².